The molecule has 128 valence electrons. The first-order chi connectivity index (χ1) is 11.2. The van der Waals surface area contributed by atoms with E-state index in [1.165, 1.54) is 5.56 Å². The first-order valence-corrected chi connectivity index (χ1v) is 9.05. The molecule has 4 nitrogen and oxygen atoms in total. The van der Waals surface area contributed by atoms with Crippen molar-refractivity contribution < 1.29 is 19.5 Å². The van der Waals surface area contributed by atoms with Gasteiger partial charge in [-0.05, 0) is 43.1 Å². The Labute approximate surface area is 140 Å². The summed E-state index contributed by atoms with van der Waals surface area (Å²) in [4.78, 5) is 0. The van der Waals surface area contributed by atoms with E-state index in [1.807, 2.05) is 6.07 Å². The summed E-state index contributed by atoms with van der Waals surface area (Å²) in [7, 11) is 2.38. The monoisotopic (exact) mass is 338 g/mol. The first kappa shape index (κ1) is 17.3. The molecule has 1 saturated heterocycles. The molecule has 2 N–H and O–H groups in total. The molecule has 0 radical (unpaired) electrons. The zero-order valence-corrected chi connectivity index (χ0v) is 14.5. The molecule has 5 heteroatoms. The van der Waals surface area contributed by atoms with Gasteiger partial charge < -0.3 is 19.5 Å². The molecule has 1 aromatic carbocycles. The van der Waals surface area contributed by atoms with E-state index in [-0.39, 0.29) is 24.2 Å². The number of rotatable bonds is 7. The topological polar surface area (TPSA) is 58.9 Å². The summed E-state index contributed by atoms with van der Waals surface area (Å²) in [6.07, 6.45) is 4.40. The molecule has 3 rings (SSSR count). The third-order valence-electron chi connectivity index (χ3n) is 5.41. The SMILES string of the molecule is OC1CC2C(CC(O)C2CCC(CCc2ccccc2)OP)O1. The quantitative estimate of drug-likeness (QED) is 0.751. The van der Waals surface area contributed by atoms with Gasteiger partial charge in [-0.2, -0.15) is 0 Å². The fraction of sp³-hybridized carbons (Fsp3) is 0.667. The van der Waals surface area contributed by atoms with E-state index in [4.69, 9.17) is 9.26 Å². The zero-order valence-electron chi connectivity index (χ0n) is 13.4. The standard InChI is InChI=1S/C18H27O4P/c19-16-11-17-15(10-18(20)21-17)14(16)9-8-13(22-23)7-6-12-4-2-1-3-5-12/h1-5,13-20H,6-11,23H2. The van der Waals surface area contributed by atoms with Crippen molar-refractivity contribution in [1.29, 1.82) is 0 Å². The number of hydrogen-bond donors (Lipinski definition) is 2. The molecule has 2 aliphatic rings. The zero-order chi connectivity index (χ0) is 16.2. The van der Waals surface area contributed by atoms with Crippen molar-refractivity contribution in [3.05, 3.63) is 35.9 Å². The molecular weight excluding hydrogens is 311 g/mol. The summed E-state index contributed by atoms with van der Waals surface area (Å²) in [5.41, 5.74) is 1.33. The molecule has 2 fully saturated rings. The number of ether oxygens (including phenoxy) is 1. The van der Waals surface area contributed by atoms with Crippen LogP contribution in [0.5, 0.6) is 0 Å². The van der Waals surface area contributed by atoms with Gasteiger partial charge in [-0.1, -0.05) is 30.3 Å². The minimum atomic E-state index is -0.646. The van der Waals surface area contributed by atoms with E-state index in [0.29, 0.717) is 18.8 Å². The lowest BCUT2D eigenvalue weighted by Gasteiger charge is -2.23. The number of aryl methyl sites for hydroxylation is 1. The van der Waals surface area contributed by atoms with Crippen LogP contribution in [0.3, 0.4) is 0 Å². The third-order valence-corrected chi connectivity index (χ3v) is 5.80. The Bertz CT molecular complexity index is 483. The van der Waals surface area contributed by atoms with Gasteiger partial charge in [0, 0.05) is 22.3 Å². The third kappa shape index (κ3) is 4.32. The number of aliphatic hydroxyl groups excluding tert-OH is 2. The summed E-state index contributed by atoms with van der Waals surface area (Å²) >= 11 is 0. The summed E-state index contributed by atoms with van der Waals surface area (Å²) in [5.74, 6) is 0.510. The van der Waals surface area contributed by atoms with Crippen molar-refractivity contribution in [1.82, 2.24) is 0 Å². The number of fused-ring (bicyclic) bond motifs is 1. The van der Waals surface area contributed by atoms with Gasteiger partial charge in [-0.25, -0.2) is 0 Å². The van der Waals surface area contributed by atoms with Crippen LogP contribution >= 0.6 is 9.47 Å². The van der Waals surface area contributed by atoms with Crippen LogP contribution in [0.1, 0.15) is 37.7 Å². The van der Waals surface area contributed by atoms with Crippen molar-refractivity contribution >= 4 is 9.47 Å². The van der Waals surface area contributed by atoms with Gasteiger partial charge >= 0.3 is 0 Å². The van der Waals surface area contributed by atoms with E-state index in [9.17, 15) is 10.2 Å². The first-order valence-electron chi connectivity index (χ1n) is 8.58. The molecule has 0 amide bonds. The van der Waals surface area contributed by atoms with Gasteiger partial charge in [-0.3, -0.25) is 0 Å². The average Bonchev–Trinajstić information content (AvgIpc) is 3.04. The molecular formula is C18H27O4P. The van der Waals surface area contributed by atoms with Crippen LogP contribution in [-0.4, -0.2) is 34.8 Å². The van der Waals surface area contributed by atoms with E-state index in [1.54, 1.807) is 0 Å². The van der Waals surface area contributed by atoms with Crippen molar-refractivity contribution in [2.45, 2.75) is 63.1 Å². The van der Waals surface area contributed by atoms with E-state index >= 15 is 0 Å². The molecule has 0 spiro atoms. The van der Waals surface area contributed by atoms with E-state index in [0.717, 1.165) is 25.7 Å². The highest BCUT2D eigenvalue weighted by molar-refractivity contribution is 7.09. The van der Waals surface area contributed by atoms with Crippen LogP contribution < -0.4 is 0 Å². The summed E-state index contributed by atoms with van der Waals surface area (Å²) in [5, 5.41) is 19.9. The number of hydrogen-bond acceptors (Lipinski definition) is 4. The Hall–Kier alpha value is -0.510. The predicted octanol–water partition coefficient (Wildman–Crippen LogP) is 2.68. The Morgan fingerprint density at radius 2 is 1.96 bits per heavy atom. The maximum Gasteiger partial charge on any atom is 0.155 e. The second kappa shape index (κ2) is 8.04. The van der Waals surface area contributed by atoms with Crippen molar-refractivity contribution in [2.75, 3.05) is 0 Å². The maximum absolute atomic E-state index is 10.3. The average molecular weight is 338 g/mol. The van der Waals surface area contributed by atoms with Crippen LogP contribution in [0.2, 0.25) is 0 Å². The molecule has 7 unspecified atom stereocenters. The van der Waals surface area contributed by atoms with Crippen LogP contribution in [0, 0.1) is 11.8 Å². The van der Waals surface area contributed by atoms with Gasteiger partial charge in [-0.15, -0.1) is 0 Å². The molecule has 1 aliphatic carbocycles. The minimum absolute atomic E-state index is 0.0321. The molecule has 1 saturated carbocycles. The van der Waals surface area contributed by atoms with E-state index < -0.39 is 6.29 Å². The fourth-order valence-corrected chi connectivity index (χ4v) is 4.43. The van der Waals surface area contributed by atoms with Gasteiger partial charge in [0.25, 0.3) is 0 Å². The normalized spacial score (nSPS) is 34.5. The van der Waals surface area contributed by atoms with Crippen molar-refractivity contribution in [3.8, 4) is 0 Å². The highest BCUT2D eigenvalue weighted by atomic mass is 31.0. The molecule has 7 atom stereocenters. The molecule has 0 aromatic heterocycles. The van der Waals surface area contributed by atoms with Gasteiger partial charge in [0.05, 0.1) is 18.3 Å². The molecule has 23 heavy (non-hydrogen) atoms. The number of aliphatic hydroxyl groups is 2. The van der Waals surface area contributed by atoms with Crippen LogP contribution in [0.15, 0.2) is 30.3 Å². The van der Waals surface area contributed by atoms with Crippen molar-refractivity contribution in [3.63, 3.8) is 0 Å². The van der Waals surface area contributed by atoms with Gasteiger partial charge in [0.15, 0.2) is 6.29 Å². The predicted molar refractivity (Wildman–Crippen MR) is 91.7 cm³/mol. The maximum atomic E-state index is 10.3. The smallest absolute Gasteiger partial charge is 0.155 e. The summed E-state index contributed by atoms with van der Waals surface area (Å²) in [6.45, 7) is 0. The molecule has 1 heterocycles. The van der Waals surface area contributed by atoms with Crippen molar-refractivity contribution in [2.24, 2.45) is 11.8 Å². The second-order valence-electron chi connectivity index (χ2n) is 6.86. The molecule has 1 aromatic rings. The summed E-state index contributed by atoms with van der Waals surface area (Å²) < 4.78 is 11.0. The Balaban J connectivity index is 1.47. The largest absolute Gasteiger partial charge is 0.393 e. The lowest BCUT2D eigenvalue weighted by atomic mass is 9.86. The van der Waals surface area contributed by atoms with E-state index in [2.05, 4.69) is 33.7 Å². The number of benzene rings is 1. The van der Waals surface area contributed by atoms with Crippen LogP contribution in [0.25, 0.3) is 0 Å². The highest BCUT2D eigenvalue weighted by Crippen LogP contribution is 2.45. The lowest BCUT2D eigenvalue weighted by molar-refractivity contribution is -0.0951. The Morgan fingerprint density at radius 1 is 1.17 bits per heavy atom. The summed E-state index contributed by atoms with van der Waals surface area (Å²) in [6, 6.07) is 10.4. The van der Waals surface area contributed by atoms with Crippen LogP contribution in [-0.2, 0) is 15.7 Å². The highest BCUT2D eigenvalue weighted by Gasteiger charge is 2.48. The molecule has 0 bridgehead atoms. The van der Waals surface area contributed by atoms with Crippen LogP contribution in [0.4, 0.5) is 0 Å². The Kier molecular flexibility index (Phi) is 6.06. The van der Waals surface area contributed by atoms with Gasteiger partial charge in [0.2, 0.25) is 0 Å². The van der Waals surface area contributed by atoms with Gasteiger partial charge in [0.1, 0.15) is 0 Å². The minimum Gasteiger partial charge on any atom is -0.393 e. The second-order valence-corrected chi connectivity index (χ2v) is 7.13. The molecule has 1 aliphatic heterocycles. The Morgan fingerprint density at radius 3 is 2.70 bits per heavy atom. The lowest BCUT2D eigenvalue weighted by Crippen LogP contribution is -2.23. The fourth-order valence-electron chi connectivity index (χ4n) is 4.16.